The molecule has 3 rings (SSSR count). The summed E-state index contributed by atoms with van der Waals surface area (Å²) in [7, 11) is 3.34. The lowest BCUT2D eigenvalue weighted by atomic mass is 9.98. The lowest BCUT2D eigenvalue weighted by Gasteiger charge is -2.18. The number of hydrogen-bond donors (Lipinski definition) is 0. The Morgan fingerprint density at radius 2 is 1.63 bits per heavy atom. The van der Waals surface area contributed by atoms with Gasteiger partial charge in [-0.05, 0) is 47.9 Å². The van der Waals surface area contributed by atoms with Gasteiger partial charge < -0.3 is 14.4 Å². The summed E-state index contributed by atoms with van der Waals surface area (Å²) in [6.07, 6.45) is 0. The van der Waals surface area contributed by atoms with Gasteiger partial charge in [0.15, 0.2) is 6.61 Å². The topological polar surface area (TPSA) is 55.8 Å². The number of nitrogens with zero attached hydrogens (tertiary/aromatic N) is 1. The van der Waals surface area contributed by atoms with Crippen molar-refractivity contribution in [3.63, 3.8) is 0 Å². The van der Waals surface area contributed by atoms with Crippen molar-refractivity contribution in [2.45, 2.75) is 26.3 Å². The van der Waals surface area contributed by atoms with Gasteiger partial charge in [0.2, 0.25) is 0 Å². The fourth-order valence-corrected chi connectivity index (χ4v) is 3.20. The number of amides is 1. The van der Waals surface area contributed by atoms with E-state index in [2.05, 4.69) is 0 Å². The van der Waals surface area contributed by atoms with Gasteiger partial charge in [0.05, 0.1) is 13.0 Å². The molecule has 0 saturated heterocycles. The SMILES string of the molecule is COc1ccc2cc([C@H](C)C(=O)OCC(=O)N(C)Cc3ccc(C)cc3)ccc2c1. The summed E-state index contributed by atoms with van der Waals surface area (Å²) in [5.41, 5.74) is 3.05. The van der Waals surface area contributed by atoms with Crippen LogP contribution < -0.4 is 4.74 Å². The minimum absolute atomic E-state index is 0.235. The van der Waals surface area contributed by atoms with E-state index in [4.69, 9.17) is 9.47 Å². The minimum Gasteiger partial charge on any atom is -0.497 e. The predicted molar refractivity (Wildman–Crippen MR) is 118 cm³/mol. The van der Waals surface area contributed by atoms with Crippen LogP contribution in [0.4, 0.5) is 0 Å². The molecular weight excluding hydrogens is 378 g/mol. The van der Waals surface area contributed by atoms with Crippen molar-refractivity contribution in [2.24, 2.45) is 0 Å². The molecule has 156 valence electrons. The quantitative estimate of drug-likeness (QED) is 0.545. The molecule has 0 aliphatic rings. The third kappa shape index (κ3) is 5.17. The number of methoxy groups -OCH3 is 1. The van der Waals surface area contributed by atoms with E-state index in [1.807, 2.05) is 67.6 Å². The number of fused-ring (bicyclic) bond motifs is 1. The van der Waals surface area contributed by atoms with Crippen LogP contribution in [-0.2, 0) is 20.9 Å². The molecule has 30 heavy (non-hydrogen) atoms. The normalized spacial score (nSPS) is 11.7. The Kier molecular flexibility index (Phi) is 6.72. The Morgan fingerprint density at radius 1 is 0.967 bits per heavy atom. The van der Waals surface area contributed by atoms with Crippen molar-refractivity contribution in [3.05, 3.63) is 77.4 Å². The number of rotatable bonds is 7. The van der Waals surface area contributed by atoms with Gasteiger partial charge >= 0.3 is 5.97 Å². The lowest BCUT2D eigenvalue weighted by molar-refractivity contribution is -0.152. The van der Waals surface area contributed by atoms with Crippen LogP contribution in [0.3, 0.4) is 0 Å². The predicted octanol–water partition coefficient (Wildman–Crippen LogP) is 4.46. The second-order valence-electron chi connectivity index (χ2n) is 7.54. The molecule has 0 aromatic heterocycles. The molecule has 1 atom stereocenters. The van der Waals surface area contributed by atoms with Crippen molar-refractivity contribution in [1.82, 2.24) is 4.90 Å². The molecule has 3 aromatic carbocycles. The molecular formula is C25H27NO4. The zero-order valence-electron chi connectivity index (χ0n) is 17.8. The van der Waals surface area contributed by atoms with Crippen LogP contribution in [-0.4, -0.2) is 37.5 Å². The number of ether oxygens (including phenoxy) is 2. The molecule has 0 fully saturated rings. The molecule has 0 radical (unpaired) electrons. The van der Waals surface area contributed by atoms with Crippen molar-refractivity contribution in [3.8, 4) is 5.75 Å². The second-order valence-corrected chi connectivity index (χ2v) is 7.54. The monoisotopic (exact) mass is 405 g/mol. The molecule has 0 bridgehead atoms. The van der Waals surface area contributed by atoms with Gasteiger partial charge in [-0.1, -0.05) is 54.1 Å². The number of carbonyl (C=O) groups excluding carboxylic acids is 2. The number of esters is 1. The van der Waals surface area contributed by atoms with Crippen LogP contribution in [0.15, 0.2) is 60.7 Å². The standard InChI is InChI=1S/C25H27NO4/c1-17-5-7-19(8-6-17)15-26(3)24(27)16-30-25(28)18(2)20-9-10-22-14-23(29-4)12-11-21(22)13-20/h5-14,18H,15-16H2,1-4H3/t18-/m0/s1. The number of likely N-dealkylation sites (N-methyl/N-ethyl adjacent to an activating group) is 1. The molecule has 5 heteroatoms. The van der Waals surface area contributed by atoms with Gasteiger partial charge in [0.25, 0.3) is 5.91 Å². The first-order valence-corrected chi connectivity index (χ1v) is 9.91. The minimum atomic E-state index is -0.466. The van der Waals surface area contributed by atoms with Gasteiger partial charge in [-0.25, -0.2) is 0 Å². The fraction of sp³-hybridized carbons (Fsp3) is 0.280. The Labute approximate surface area is 177 Å². The lowest BCUT2D eigenvalue weighted by Crippen LogP contribution is -2.31. The van der Waals surface area contributed by atoms with Crippen LogP contribution in [0, 0.1) is 6.92 Å². The van der Waals surface area contributed by atoms with E-state index in [-0.39, 0.29) is 12.5 Å². The Balaban J connectivity index is 1.57. The van der Waals surface area contributed by atoms with Crippen LogP contribution in [0.5, 0.6) is 5.75 Å². The maximum atomic E-state index is 12.5. The molecule has 3 aromatic rings. The molecule has 0 heterocycles. The van der Waals surface area contributed by atoms with Gasteiger partial charge in [-0.15, -0.1) is 0 Å². The smallest absolute Gasteiger partial charge is 0.313 e. The van der Waals surface area contributed by atoms with E-state index >= 15 is 0 Å². The van der Waals surface area contributed by atoms with Gasteiger partial charge in [0.1, 0.15) is 5.75 Å². The van der Waals surface area contributed by atoms with Gasteiger partial charge in [-0.3, -0.25) is 9.59 Å². The van der Waals surface area contributed by atoms with Crippen LogP contribution in [0.2, 0.25) is 0 Å². The zero-order chi connectivity index (χ0) is 21.7. The van der Waals surface area contributed by atoms with E-state index < -0.39 is 11.9 Å². The molecule has 0 aliphatic heterocycles. The summed E-state index contributed by atoms with van der Waals surface area (Å²) in [5.74, 6) is -0.329. The maximum Gasteiger partial charge on any atom is 0.313 e. The van der Waals surface area contributed by atoms with E-state index in [1.54, 1.807) is 26.0 Å². The molecule has 0 unspecified atom stereocenters. The molecule has 0 spiro atoms. The average Bonchev–Trinajstić information content (AvgIpc) is 2.77. The van der Waals surface area contributed by atoms with E-state index in [0.29, 0.717) is 6.54 Å². The fourth-order valence-electron chi connectivity index (χ4n) is 3.20. The highest BCUT2D eigenvalue weighted by molar-refractivity contribution is 5.87. The van der Waals surface area contributed by atoms with E-state index in [0.717, 1.165) is 27.6 Å². The summed E-state index contributed by atoms with van der Waals surface area (Å²) < 4.78 is 10.5. The Hall–Kier alpha value is -3.34. The largest absolute Gasteiger partial charge is 0.497 e. The zero-order valence-corrected chi connectivity index (χ0v) is 17.8. The first-order valence-electron chi connectivity index (χ1n) is 9.91. The molecule has 5 nitrogen and oxygen atoms in total. The molecule has 0 N–H and O–H groups in total. The Bertz CT molecular complexity index is 1040. The summed E-state index contributed by atoms with van der Waals surface area (Å²) in [4.78, 5) is 26.4. The maximum absolute atomic E-state index is 12.5. The van der Waals surface area contributed by atoms with Crippen molar-refractivity contribution >= 4 is 22.6 Å². The number of benzene rings is 3. The second kappa shape index (κ2) is 9.44. The summed E-state index contributed by atoms with van der Waals surface area (Å²) in [6, 6.07) is 19.6. The number of carbonyl (C=O) groups is 2. The van der Waals surface area contributed by atoms with Crippen LogP contribution >= 0.6 is 0 Å². The number of hydrogen-bond acceptors (Lipinski definition) is 4. The molecule has 0 aliphatic carbocycles. The van der Waals surface area contributed by atoms with Gasteiger partial charge in [-0.2, -0.15) is 0 Å². The highest BCUT2D eigenvalue weighted by Gasteiger charge is 2.19. The highest BCUT2D eigenvalue weighted by atomic mass is 16.5. The van der Waals surface area contributed by atoms with E-state index in [1.165, 1.54) is 5.56 Å². The van der Waals surface area contributed by atoms with Gasteiger partial charge in [0, 0.05) is 13.6 Å². The van der Waals surface area contributed by atoms with Crippen molar-refractivity contribution < 1.29 is 19.1 Å². The third-order valence-electron chi connectivity index (χ3n) is 5.23. The van der Waals surface area contributed by atoms with Crippen LogP contribution in [0.1, 0.15) is 29.5 Å². The average molecular weight is 405 g/mol. The summed E-state index contributed by atoms with van der Waals surface area (Å²) in [6.45, 7) is 4.01. The molecule has 1 amide bonds. The van der Waals surface area contributed by atoms with Crippen LogP contribution in [0.25, 0.3) is 10.8 Å². The molecule has 0 saturated carbocycles. The first kappa shape index (κ1) is 21.4. The highest BCUT2D eigenvalue weighted by Crippen LogP contribution is 2.25. The first-order chi connectivity index (χ1) is 14.4. The van der Waals surface area contributed by atoms with E-state index in [9.17, 15) is 9.59 Å². The third-order valence-corrected chi connectivity index (χ3v) is 5.23. The van der Waals surface area contributed by atoms with Crippen molar-refractivity contribution in [2.75, 3.05) is 20.8 Å². The van der Waals surface area contributed by atoms with Crippen molar-refractivity contribution in [1.29, 1.82) is 0 Å². The Morgan fingerprint density at radius 3 is 2.33 bits per heavy atom. The summed E-state index contributed by atoms with van der Waals surface area (Å²) in [5, 5.41) is 2.05. The number of aryl methyl sites for hydroxylation is 1. The summed E-state index contributed by atoms with van der Waals surface area (Å²) >= 11 is 0.